The minimum atomic E-state index is 0.389. The van der Waals surface area contributed by atoms with Gasteiger partial charge in [0.15, 0.2) is 0 Å². The fourth-order valence-corrected chi connectivity index (χ4v) is 2.18. The molecular weight excluding hydrogens is 176 g/mol. The highest BCUT2D eigenvalue weighted by Gasteiger charge is 2.23. The maximum atomic E-state index is 11.8. The predicted molar refractivity (Wildman–Crippen MR) is 57.2 cm³/mol. The number of carbonyl (C=O) groups excluding carboxylic acids is 1. The van der Waals surface area contributed by atoms with E-state index < -0.39 is 0 Å². The van der Waals surface area contributed by atoms with Crippen LogP contribution in [0.15, 0.2) is 0 Å². The zero-order valence-electron chi connectivity index (χ0n) is 9.42. The molecule has 0 bridgehead atoms. The van der Waals surface area contributed by atoms with E-state index >= 15 is 0 Å². The number of hydrogen-bond acceptors (Lipinski definition) is 2. The molecule has 0 radical (unpaired) electrons. The Morgan fingerprint density at radius 2 is 2.07 bits per heavy atom. The molecule has 1 aliphatic carbocycles. The van der Waals surface area contributed by atoms with Crippen molar-refractivity contribution < 1.29 is 9.53 Å². The molecule has 2 heteroatoms. The van der Waals surface area contributed by atoms with Crippen molar-refractivity contribution in [3.8, 4) is 0 Å². The van der Waals surface area contributed by atoms with Gasteiger partial charge in [-0.2, -0.15) is 0 Å². The van der Waals surface area contributed by atoms with Gasteiger partial charge in [-0.05, 0) is 25.2 Å². The molecule has 1 fully saturated rings. The van der Waals surface area contributed by atoms with E-state index in [0.717, 1.165) is 32.3 Å². The molecule has 1 unspecified atom stereocenters. The number of rotatable bonds is 6. The SMILES string of the molecule is COCCC(C)CC(=O)C1CCCC1. The Bertz CT molecular complexity index is 171. The maximum Gasteiger partial charge on any atom is 0.136 e. The number of ether oxygens (including phenoxy) is 1. The molecule has 1 saturated carbocycles. The van der Waals surface area contributed by atoms with Gasteiger partial charge in [0.1, 0.15) is 5.78 Å². The lowest BCUT2D eigenvalue weighted by Gasteiger charge is -2.13. The van der Waals surface area contributed by atoms with Crippen LogP contribution in [-0.4, -0.2) is 19.5 Å². The Kier molecular flexibility index (Phi) is 5.16. The van der Waals surface area contributed by atoms with Crippen LogP contribution in [0, 0.1) is 11.8 Å². The van der Waals surface area contributed by atoms with Crippen LogP contribution in [0.4, 0.5) is 0 Å². The normalized spacial score (nSPS) is 19.9. The van der Waals surface area contributed by atoms with E-state index in [0.29, 0.717) is 17.6 Å². The van der Waals surface area contributed by atoms with Crippen molar-refractivity contribution in [1.82, 2.24) is 0 Å². The smallest absolute Gasteiger partial charge is 0.136 e. The number of ketones is 1. The molecular formula is C12H22O2. The van der Waals surface area contributed by atoms with Crippen molar-refractivity contribution in [2.24, 2.45) is 11.8 Å². The van der Waals surface area contributed by atoms with Gasteiger partial charge in [0, 0.05) is 26.1 Å². The fraction of sp³-hybridized carbons (Fsp3) is 0.917. The molecule has 0 spiro atoms. The van der Waals surface area contributed by atoms with Gasteiger partial charge >= 0.3 is 0 Å². The molecule has 82 valence electrons. The number of hydrogen-bond donors (Lipinski definition) is 0. The third kappa shape index (κ3) is 3.79. The Balaban J connectivity index is 2.18. The lowest BCUT2D eigenvalue weighted by atomic mass is 9.93. The van der Waals surface area contributed by atoms with Gasteiger partial charge in [-0.15, -0.1) is 0 Å². The molecule has 2 nitrogen and oxygen atoms in total. The summed E-state index contributed by atoms with van der Waals surface area (Å²) in [5, 5.41) is 0. The van der Waals surface area contributed by atoms with Crippen LogP contribution in [0.1, 0.15) is 45.4 Å². The van der Waals surface area contributed by atoms with E-state index in [9.17, 15) is 4.79 Å². The molecule has 1 atom stereocenters. The summed E-state index contributed by atoms with van der Waals surface area (Å²) in [6, 6.07) is 0. The van der Waals surface area contributed by atoms with Crippen molar-refractivity contribution in [1.29, 1.82) is 0 Å². The molecule has 0 saturated heterocycles. The molecule has 1 aliphatic rings. The van der Waals surface area contributed by atoms with Gasteiger partial charge in [0.05, 0.1) is 0 Å². The van der Waals surface area contributed by atoms with E-state index in [-0.39, 0.29) is 0 Å². The van der Waals surface area contributed by atoms with Crippen LogP contribution < -0.4 is 0 Å². The van der Waals surface area contributed by atoms with E-state index in [2.05, 4.69) is 6.92 Å². The summed E-state index contributed by atoms with van der Waals surface area (Å²) >= 11 is 0. The van der Waals surface area contributed by atoms with Crippen LogP contribution >= 0.6 is 0 Å². The second-order valence-electron chi connectivity index (χ2n) is 4.54. The van der Waals surface area contributed by atoms with E-state index in [1.54, 1.807) is 7.11 Å². The Morgan fingerprint density at radius 1 is 1.43 bits per heavy atom. The van der Waals surface area contributed by atoms with Gasteiger partial charge in [0.2, 0.25) is 0 Å². The summed E-state index contributed by atoms with van der Waals surface area (Å²) in [6.07, 6.45) is 6.54. The molecule has 1 rings (SSSR count). The Morgan fingerprint density at radius 3 is 2.64 bits per heavy atom. The average Bonchev–Trinajstić information content (AvgIpc) is 2.67. The Labute approximate surface area is 87.0 Å². The predicted octanol–water partition coefficient (Wildman–Crippen LogP) is 2.81. The zero-order chi connectivity index (χ0) is 10.4. The molecule has 0 aromatic heterocycles. The summed E-state index contributed by atoms with van der Waals surface area (Å²) in [4.78, 5) is 11.8. The van der Waals surface area contributed by atoms with Crippen LogP contribution in [0.5, 0.6) is 0 Å². The molecule has 0 N–H and O–H groups in total. The minimum absolute atomic E-state index is 0.389. The van der Waals surface area contributed by atoms with Crippen LogP contribution in [0.3, 0.4) is 0 Å². The highest BCUT2D eigenvalue weighted by Crippen LogP contribution is 2.27. The third-order valence-electron chi connectivity index (χ3n) is 3.17. The summed E-state index contributed by atoms with van der Waals surface area (Å²) in [5.74, 6) is 1.37. The van der Waals surface area contributed by atoms with Crippen LogP contribution in [0.2, 0.25) is 0 Å². The largest absolute Gasteiger partial charge is 0.385 e. The van der Waals surface area contributed by atoms with Crippen molar-refractivity contribution in [3.63, 3.8) is 0 Å². The summed E-state index contributed by atoms with van der Waals surface area (Å²) in [7, 11) is 1.71. The summed E-state index contributed by atoms with van der Waals surface area (Å²) in [6.45, 7) is 2.92. The monoisotopic (exact) mass is 198 g/mol. The molecule has 0 heterocycles. The number of methoxy groups -OCH3 is 1. The molecule has 0 aromatic carbocycles. The standard InChI is InChI=1S/C12H22O2/c1-10(7-8-14-2)9-12(13)11-5-3-4-6-11/h10-11H,3-9H2,1-2H3. The van der Waals surface area contributed by atoms with Crippen molar-refractivity contribution in [2.75, 3.05) is 13.7 Å². The van der Waals surface area contributed by atoms with Crippen LogP contribution in [-0.2, 0) is 9.53 Å². The lowest BCUT2D eigenvalue weighted by Crippen LogP contribution is -2.15. The van der Waals surface area contributed by atoms with Crippen LogP contribution in [0.25, 0.3) is 0 Å². The van der Waals surface area contributed by atoms with Gasteiger partial charge in [-0.1, -0.05) is 19.8 Å². The van der Waals surface area contributed by atoms with Gasteiger partial charge < -0.3 is 4.74 Å². The summed E-state index contributed by atoms with van der Waals surface area (Å²) < 4.78 is 5.01. The van der Waals surface area contributed by atoms with E-state index in [1.807, 2.05) is 0 Å². The number of carbonyl (C=O) groups is 1. The third-order valence-corrected chi connectivity index (χ3v) is 3.17. The van der Waals surface area contributed by atoms with Crippen molar-refractivity contribution >= 4 is 5.78 Å². The number of Topliss-reactive ketones (excluding diaryl/α,β-unsaturated/α-hetero) is 1. The first-order valence-corrected chi connectivity index (χ1v) is 5.75. The highest BCUT2D eigenvalue weighted by molar-refractivity contribution is 5.81. The molecule has 14 heavy (non-hydrogen) atoms. The quantitative estimate of drug-likeness (QED) is 0.656. The van der Waals surface area contributed by atoms with Gasteiger partial charge in [0.25, 0.3) is 0 Å². The lowest BCUT2D eigenvalue weighted by molar-refractivity contribution is -0.123. The fourth-order valence-electron chi connectivity index (χ4n) is 2.18. The second-order valence-corrected chi connectivity index (χ2v) is 4.54. The molecule has 0 aliphatic heterocycles. The maximum absolute atomic E-state index is 11.8. The highest BCUT2D eigenvalue weighted by atomic mass is 16.5. The first-order chi connectivity index (χ1) is 6.74. The first-order valence-electron chi connectivity index (χ1n) is 5.75. The zero-order valence-corrected chi connectivity index (χ0v) is 9.42. The topological polar surface area (TPSA) is 26.3 Å². The average molecular weight is 198 g/mol. The second kappa shape index (κ2) is 6.18. The van der Waals surface area contributed by atoms with Gasteiger partial charge in [-0.3, -0.25) is 4.79 Å². The molecule has 0 aromatic rings. The first kappa shape index (κ1) is 11.7. The van der Waals surface area contributed by atoms with Crippen molar-refractivity contribution in [2.45, 2.75) is 45.4 Å². The Hall–Kier alpha value is -0.370. The van der Waals surface area contributed by atoms with E-state index in [4.69, 9.17) is 4.74 Å². The molecule has 0 amide bonds. The minimum Gasteiger partial charge on any atom is -0.385 e. The summed E-state index contributed by atoms with van der Waals surface area (Å²) in [5.41, 5.74) is 0. The van der Waals surface area contributed by atoms with Crippen molar-refractivity contribution in [3.05, 3.63) is 0 Å². The van der Waals surface area contributed by atoms with Gasteiger partial charge in [-0.25, -0.2) is 0 Å². The van der Waals surface area contributed by atoms with E-state index in [1.165, 1.54) is 12.8 Å².